The average Bonchev–Trinajstić information content (AvgIpc) is 2.61. The van der Waals surface area contributed by atoms with Crippen molar-refractivity contribution in [3.8, 4) is 11.1 Å². The third-order valence-electron chi connectivity index (χ3n) is 2.53. The predicted octanol–water partition coefficient (Wildman–Crippen LogP) is 2.66. The minimum atomic E-state index is -1.05. The van der Waals surface area contributed by atoms with Gasteiger partial charge in [0.2, 0.25) is 5.76 Å². The zero-order valence-electron chi connectivity index (χ0n) is 9.02. The first kappa shape index (κ1) is 10.4. The summed E-state index contributed by atoms with van der Waals surface area (Å²) in [4.78, 5) is 15.0. The third kappa shape index (κ3) is 1.58. The van der Waals surface area contributed by atoms with Crippen molar-refractivity contribution < 1.29 is 14.3 Å². The Morgan fingerprint density at radius 2 is 2.12 bits per heavy atom. The van der Waals surface area contributed by atoms with Gasteiger partial charge in [-0.05, 0) is 19.9 Å². The summed E-state index contributed by atoms with van der Waals surface area (Å²) in [7, 11) is 0. The van der Waals surface area contributed by atoms with Gasteiger partial charge >= 0.3 is 5.97 Å². The van der Waals surface area contributed by atoms with Crippen LogP contribution in [0.25, 0.3) is 11.1 Å². The largest absolute Gasteiger partial charge is 0.475 e. The standard InChI is InChI=1S/C12H11NO3/c1-7-10(6-16-11(7)12(14)15)9-4-3-5-13-8(9)2/h3-6H,1-2H3,(H,14,15). The number of furan rings is 1. The summed E-state index contributed by atoms with van der Waals surface area (Å²) in [5.74, 6) is -1.07. The molecular weight excluding hydrogens is 206 g/mol. The second kappa shape index (κ2) is 3.81. The summed E-state index contributed by atoms with van der Waals surface area (Å²) in [5, 5.41) is 8.89. The molecule has 0 saturated heterocycles. The number of aromatic nitrogens is 1. The summed E-state index contributed by atoms with van der Waals surface area (Å²) in [6, 6.07) is 3.71. The highest BCUT2D eigenvalue weighted by Crippen LogP contribution is 2.28. The Morgan fingerprint density at radius 3 is 2.69 bits per heavy atom. The van der Waals surface area contributed by atoms with E-state index in [1.165, 1.54) is 6.26 Å². The molecule has 0 fully saturated rings. The van der Waals surface area contributed by atoms with E-state index in [1.807, 2.05) is 19.1 Å². The normalized spacial score (nSPS) is 10.4. The Balaban J connectivity index is 2.58. The summed E-state index contributed by atoms with van der Waals surface area (Å²) < 4.78 is 5.04. The van der Waals surface area contributed by atoms with Crippen molar-refractivity contribution in [2.24, 2.45) is 0 Å². The van der Waals surface area contributed by atoms with E-state index in [0.29, 0.717) is 5.56 Å². The number of carbonyl (C=O) groups is 1. The number of aryl methyl sites for hydroxylation is 1. The van der Waals surface area contributed by atoms with Gasteiger partial charge in [0.1, 0.15) is 0 Å². The number of aromatic carboxylic acids is 1. The van der Waals surface area contributed by atoms with E-state index in [-0.39, 0.29) is 5.76 Å². The Kier molecular flexibility index (Phi) is 2.48. The van der Waals surface area contributed by atoms with Crippen molar-refractivity contribution in [2.75, 3.05) is 0 Å². The Bertz CT molecular complexity index is 543. The average molecular weight is 217 g/mol. The quantitative estimate of drug-likeness (QED) is 0.839. The van der Waals surface area contributed by atoms with Crippen molar-refractivity contribution in [3.05, 3.63) is 41.6 Å². The molecule has 0 aliphatic heterocycles. The predicted molar refractivity (Wildman–Crippen MR) is 58.4 cm³/mol. The second-order valence-corrected chi connectivity index (χ2v) is 3.55. The molecule has 82 valence electrons. The van der Waals surface area contributed by atoms with Crippen LogP contribution in [0.3, 0.4) is 0 Å². The fraction of sp³-hybridized carbons (Fsp3) is 0.167. The number of pyridine rings is 1. The lowest BCUT2D eigenvalue weighted by Gasteiger charge is -2.02. The number of hydrogen-bond acceptors (Lipinski definition) is 3. The van der Waals surface area contributed by atoms with Gasteiger partial charge in [-0.2, -0.15) is 0 Å². The monoisotopic (exact) mass is 217 g/mol. The van der Waals surface area contributed by atoms with Crippen LogP contribution in [0.2, 0.25) is 0 Å². The first-order valence-electron chi connectivity index (χ1n) is 4.84. The fourth-order valence-electron chi connectivity index (χ4n) is 1.66. The summed E-state index contributed by atoms with van der Waals surface area (Å²) in [6.45, 7) is 3.61. The molecule has 0 amide bonds. The number of rotatable bonds is 2. The van der Waals surface area contributed by atoms with Gasteiger partial charge in [0.15, 0.2) is 0 Å². The lowest BCUT2D eigenvalue weighted by Crippen LogP contribution is -1.96. The maximum Gasteiger partial charge on any atom is 0.372 e. The minimum absolute atomic E-state index is 0.0155. The maximum absolute atomic E-state index is 10.8. The summed E-state index contributed by atoms with van der Waals surface area (Å²) >= 11 is 0. The zero-order chi connectivity index (χ0) is 11.7. The molecule has 0 atom stereocenters. The fourth-order valence-corrected chi connectivity index (χ4v) is 1.66. The highest BCUT2D eigenvalue weighted by atomic mass is 16.4. The van der Waals surface area contributed by atoms with E-state index in [2.05, 4.69) is 4.98 Å². The van der Waals surface area contributed by atoms with E-state index in [9.17, 15) is 4.79 Å². The topological polar surface area (TPSA) is 63.3 Å². The summed E-state index contributed by atoms with van der Waals surface area (Å²) in [5.41, 5.74) is 3.16. The molecule has 0 radical (unpaired) electrons. The van der Waals surface area contributed by atoms with Crippen molar-refractivity contribution in [2.45, 2.75) is 13.8 Å². The second-order valence-electron chi connectivity index (χ2n) is 3.55. The van der Waals surface area contributed by atoms with E-state index in [1.54, 1.807) is 13.1 Å². The molecule has 0 aliphatic carbocycles. The van der Waals surface area contributed by atoms with Gasteiger partial charge in [0.05, 0.1) is 6.26 Å². The minimum Gasteiger partial charge on any atom is -0.475 e. The van der Waals surface area contributed by atoms with Crippen LogP contribution in [0.15, 0.2) is 29.0 Å². The molecule has 4 heteroatoms. The van der Waals surface area contributed by atoms with Crippen LogP contribution in [-0.4, -0.2) is 16.1 Å². The number of hydrogen-bond donors (Lipinski definition) is 1. The Morgan fingerprint density at radius 1 is 1.38 bits per heavy atom. The molecule has 16 heavy (non-hydrogen) atoms. The van der Waals surface area contributed by atoms with Crippen LogP contribution >= 0.6 is 0 Å². The molecule has 0 aliphatic rings. The van der Waals surface area contributed by atoms with Crippen LogP contribution in [0.5, 0.6) is 0 Å². The van der Waals surface area contributed by atoms with Crippen LogP contribution in [-0.2, 0) is 0 Å². The molecule has 2 heterocycles. The van der Waals surface area contributed by atoms with Crippen molar-refractivity contribution in [3.63, 3.8) is 0 Å². The molecule has 2 rings (SSSR count). The van der Waals surface area contributed by atoms with Crippen molar-refractivity contribution >= 4 is 5.97 Å². The molecule has 1 N–H and O–H groups in total. The third-order valence-corrected chi connectivity index (χ3v) is 2.53. The van der Waals surface area contributed by atoms with Gasteiger partial charge < -0.3 is 9.52 Å². The van der Waals surface area contributed by atoms with Gasteiger partial charge in [0.25, 0.3) is 0 Å². The smallest absolute Gasteiger partial charge is 0.372 e. The number of carboxylic acids is 1. The van der Waals surface area contributed by atoms with E-state index >= 15 is 0 Å². The van der Waals surface area contributed by atoms with Gasteiger partial charge in [-0.25, -0.2) is 4.79 Å². The zero-order valence-corrected chi connectivity index (χ0v) is 9.02. The SMILES string of the molecule is Cc1ncccc1-c1coc(C(=O)O)c1C. The van der Waals surface area contributed by atoms with Crippen LogP contribution < -0.4 is 0 Å². The van der Waals surface area contributed by atoms with E-state index in [0.717, 1.165) is 16.8 Å². The van der Waals surface area contributed by atoms with Gasteiger partial charge in [0, 0.05) is 28.6 Å². The van der Waals surface area contributed by atoms with Gasteiger partial charge in [-0.3, -0.25) is 4.98 Å². The lowest BCUT2D eigenvalue weighted by molar-refractivity contribution is 0.0661. The highest BCUT2D eigenvalue weighted by molar-refractivity contribution is 5.89. The lowest BCUT2D eigenvalue weighted by atomic mass is 10.0. The first-order chi connectivity index (χ1) is 7.61. The number of carboxylic acid groups (broad SMARTS) is 1. The van der Waals surface area contributed by atoms with E-state index in [4.69, 9.17) is 9.52 Å². The molecule has 0 unspecified atom stereocenters. The van der Waals surface area contributed by atoms with Gasteiger partial charge in [-0.15, -0.1) is 0 Å². The molecule has 0 saturated carbocycles. The summed E-state index contributed by atoms with van der Waals surface area (Å²) in [6.07, 6.45) is 3.16. The molecule has 0 bridgehead atoms. The maximum atomic E-state index is 10.8. The van der Waals surface area contributed by atoms with Crippen LogP contribution in [0.1, 0.15) is 21.8 Å². The first-order valence-corrected chi connectivity index (χ1v) is 4.84. The van der Waals surface area contributed by atoms with Crippen molar-refractivity contribution in [1.82, 2.24) is 4.98 Å². The molecule has 2 aromatic heterocycles. The molecule has 4 nitrogen and oxygen atoms in total. The highest BCUT2D eigenvalue weighted by Gasteiger charge is 2.17. The molecule has 2 aromatic rings. The molecular formula is C12H11NO3. The van der Waals surface area contributed by atoms with Gasteiger partial charge in [-0.1, -0.05) is 6.07 Å². The van der Waals surface area contributed by atoms with Crippen molar-refractivity contribution in [1.29, 1.82) is 0 Å². The Hall–Kier alpha value is -2.10. The van der Waals surface area contributed by atoms with Crippen LogP contribution in [0, 0.1) is 13.8 Å². The van der Waals surface area contributed by atoms with E-state index < -0.39 is 5.97 Å². The molecule has 0 aromatic carbocycles. The number of nitrogens with zero attached hydrogens (tertiary/aromatic N) is 1. The molecule has 0 spiro atoms. The van der Waals surface area contributed by atoms with Crippen LogP contribution in [0.4, 0.5) is 0 Å². The Labute approximate surface area is 92.6 Å².